The Morgan fingerprint density at radius 2 is 1.81 bits per heavy atom. The lowest BCUT2D eigenvalue weighted by Crippen LogP contribution is -2.45. The Labute approximate surface area is 100 Å². The number of carbonyl (C=O) groups excluding carboxylic acids is 1. The van der Waals surface area contributed by atoms with E-state index in [0.29, 0.717) is 0 Å². The zero-order valence-corrected chi connectivity index (χ0v) is 10.8. The van der Waals surface area contributed by atoms with E-state index in [4.69, 9.17) is 5.11 Å². The summed E-state index contributed by atoms with van der Waals surface area (Å²) in [7, 11) is 0. The number of thioether (sulfide) groups is 1. The molecule has 2 unspecified atom stereocenters. The highest BCUT2D eigenvalue weighted by Gasteiger charge is 2.12. The van der Waals surface area contributed by atoms with Crippen LogP contribution in [0.15, 0.2) is 0 Å². The predicted octanol–water partition coefficient (Wildman–Crippen LogP) is 1.29. The maximum atomic E-state index is 11.4. The number of amides is 2. The molecular formula is C10H20N2O3S. The van der Waals surface area contributed by atoms with E-state index in [9.17, 15) is 9.59 Å². The first-order valence-electron chi connectivity index (χ1n) is 5.23. The van der Waals surface area contributed by atoms with Crippen molar-refractivity contribution in [1.82, 2.24) is 10.6 Å². The number of hydrogen-bond donors (Lipinski definition) is 3. The van der Waals surface area contributed by atoms with Gasteiger partial charge in [0, 0.05) is 12.1 Å². The van der Waals surface area contributed by atoms with Crippen LogP contribution < -0.4 is 10.6 Å². The van der Waals surface area contributed by atoms with Gasteiger partial charge < -0.3 is 15.7 Å². The largest absolute Gasteiger partial charge is 0.481 e. The molecule has 0 aliphatic rings. The van der Waals surface area contributed by atoms with Crippen LogP contribution in [0.1, 0.15) is 26.7 Å². The second-order valence-corrected chi connectivity index (χ2v) is 4.78. The van der Waals surface area contributed by atoms with Crippen LogP contribution in [0.4, 0.5) is 4.79 Å². The number of carboxylic acid groups (broad SMARTS) is 1. The summed E-state index contributed by atoms with van der Waals surface area (Å²) in [6, 6.07) is -0.558. The molecule has 0 radical (unpaired) electrons. The van der Waals surface area contributed by atoms with Gasteiger partial charge in [-0.2, -0.15) is 11.8 Å². The third kappa shape index (κ3) is 8.40. The predicted molar refractivity (Wildman–Crippen MR) is 65.8 cm³/mol. The van der Waals surface area contributed by atoms with Crippen LogP contribution in [0, 0.1) is 0 Å². The summed E-state index contributed by atoms with van der Waals surface area (Å²) in [6.45, 7) is 3.60. The fourth-order valence-corrected chi connectivity index (χ4v) is 1.76. The lowest BCUT2D eigenvalue weighted by Gasteiger charge is -2.16. The Kier molecular flexibility index (Phi) is 7.80. The Morgan fingerprint density at radius 3 is 2.31 bits per heavy atom. The van der Waals surface area contributed by atoms with Crippen molar-refractivity contribution in [3.8, 4) is 0 Å². The maximum absolute atomic E-state index is 11.4. The Balaban J connectivity index is 3.76. The van der Waals surface area contributed by atoms with Crippen LogP contribution in [0.2, 0.25) is 0 Å². The molecule has 2 atom stereocenters. The molecule has 0 aliphatic heterocycles. The van der Waals surface area contributed by atoms with Gasteiger partial charge in [-0.15, -0.1) is 0 Å². The van der Waals surface area contributed by atoms with Gasteiger partial charge in [0.05, 0.1) is 6.42 Å². The number of carboxylic acids is 1. The van der Waals surface area contributed by atoms with Gasteiger partial charge in [-0.1, -0.05) is 0 Å². The summed E-state index contributed by atoms with van der Waals surface area (Å²) in [5.74, 6) is 0.0785. The first-order valence-corrected chi connectivity index (χ1v) is 6.62. The molecule has 94 valence electrons. The van der Waals surface area contributed by atoms with E-state index in [2.05, 4.69) is 10.6 Å². The molecule has 0 rings (SSSR count). The van der Waals surface area contributed by atoms with Crippen molar-refractivity contribution in [2.45, 2.75) is 38.8 Å². The molecule has 0 heterocycles. The van der Waals surface area contributed by atoms with Crippen LogP contribution in [-0.2, 0) is 4.79 Å². The van der Waals surface area contributed by atoms with E-state index in [-0.39, 0.29) is 24.5 Å². The third-order valence-electron chi connectivity index (χ3n) is 1.99. The Hall–Kier alpha value is -0.910. The van der Waals surface area contributed by atoms with Gasteiger partial charge in [0.1, 0.15) is 0 Å². The average Bonchev–Trinajstić information content (AvgIpc) is 2.12. The fourth-order valence-electron chi connectivity index (χ4n) is 1.17. The topological polar surface area (TPSA) is 78.4 Å². The highest BCUT2D eigenvalue weighted by atomic mass is 32.2. The Morgan fingerprint density at radius 1 is 1.25 bits per heavy atom. The molecule has 0 fully saturated rings. The van der Waals surface area contributed by atoms with E-state index in [1.54, 1.807) is 18.7 Å². The minimum absolute atomic E-state index is 0.0629. The van der Waals surface area contributed by atoms with Gasteiger partial charge in [-0.25, -0.2) is 4.79 Å². The van der Waals surface area contributed by atoms with E-state index in [0.717, 1.165) is 12.2 Å². The lowest BCUT2D eigenvalue weighted by molar-refractivity contribution is -0.137. The summed E-state index contributed by atoms with van der Waals surface area (Å²) in [4.78, 5) is 21.8. The zero-order valence-electron chi connectivity index (χ0n) is 9.95. The van der Waals surface area contributed by atoms with Gasteiger partial charge in [0.15, 0.2) is 0 Å². The van der Waals surface area contributed by atoms with Gasteiger partial charge in [0.25, 0.3) is 0 Å². The van der Waals surface area contributed by atoms with Gasteiger partial charge in [-0.05, 0) is 32.3 Å². The second-order valence-electron chi connectivity index (χ2n) is 3.80. The standard InChI is InChI=1S/C10H20N2O3S/c1-7(4-5-16-3)11-10(15)12-8(2)6-9(13)14/h7-8H,4-6H2,1-3H3,(H,13,14)(H2,11,12,15). The molecule has 0 aliphatic carbocycles. The van der Waals surface area contributed by atoms with Crippen LogP contribution in [0.5, 0.6) is 0 Å². The number of aliphatic carboxylic acids is 1. The molecule has 5 nitrogen and oxygen atoms in total. The molecular weight excluding hydrogens is 228 g/mol. The highest BCUT2D eigenvalue weighted by Crippen LogP contribution is 1.99. The van der Waals surface area contributed by atoms with Crippen molar-refractivity contribution >= 4 is 23.8 Å². The van der Waals surface area contributed by atoms with Crippen LogP contribution >= 0.6 is 11.8 Å². The van der Waals surface area contributed by atoms with Crippen molar-refractivity contribution < 1.29 is 14.7 Å². The molecule has 0 spiro atoms. The van der Waals surface area contributed by atoms with Crippen molar-refractivity contribution in [3.05, 3.63) is 0 Å². The minimum atomic E-state index is -0.914. The van der Waals surface area contributed by atoms with Gasteiger partial charge in [0.2, 0.25) is 0 Å². The smallest absolute Gasteiger partial charge is 0.315 e. The van der Waals surface area contributed by atoms with Crippen LogP contribution in [0.25, 0.3) is 0 Å². The van der Waals surface area contributed by atoms with Crippen molar-refractivity contribution in [1.29, 1.82) is 0 Å². The molecule has 2 amide bonds. The normalized spacial score (nSPS) is 13.9. The lowest BCUT2D eigenvalue weighted by atomic mass is 10.2. The molecule has 16 heavy (non-hydrogen) atoms. The third-order valence-corrected chi connectivity index (χ3v) is 2.63. The van der Waals surface area contributed by atoms with Crippen molar-refractivity contribution in [2.24, 2.45) is 0 Å². The molecule has 0 aromatic rings. The molecule has 6 heteroatoms. The van der Waals surface area contributed by atoms with Crippen LogP contribution in [-0.4, -0.2) is 41.2 Å². The number of carbonyl (C=O) groups is 2. The zero-order chi connectivity index (χ0) is 12.6. The van der Waals surface area contributed by atoms with E-state index in [1.165, 1.54) is 0 Å². The first kappa shape index (κ1) is 15.1. The van der Waals surface area contributed by atoms with Crippen molar-refractivity contribution in [2.75, 3.05) is 12.0 Å². The SMILES string of the molecule is CSCCC(C)NC(=O)NC(C)CC(=O)O. The van der Waals surface area contributed by atoms with E-state index >= 15 is 0 Å². The highest BCUT2D eigenvalue weighted by molar-refractivity contribution is 7.98. The molecule has 3 N–H and O–H groups in total. The quantitative estimate of drug-likeness (QED) is 0.634. The van der Waals surface area contributed by atoms with Gasteiger partial charge >= 0.3 is 12.0 Å². The average molecular weight is 248 g/mol. The number of rotatable bonds is 7. The molecule has 0 bridgehead atoms. The molecule has 0 saturated heterocycles. The first-order chi connectivity index (χ1) is 7.45. The summed E-state index contributed by atoms with van der Waals surface area (Å²) in [5.41, 5.74) is 0. The van der Waals surface area contributed by atoms with E-state index in [1.807, 2.05) is 13.2 Å². The molecule has 0 aromatic heterocycles. The van der Waals surface area contributed by atoms with Crippen LogP contribution in [0.3, 0.4) is 0 Å². The maximum Gasteiger partial charge on any atom is 0.315 e. The summed E-state index contributed by atoms with van der Waals surface area (Å²) in [5, 5.41) is 13.9. The van der Waals surface area contributed by atoms with E-state index < -0.39 is 5.97 Å². The molecule has 0 aromatic carbocycles. The fraction of sp³-hybridized carbons (Fsp3) is 0.800. The monoisotopic (exact) mass is 248 g/mol. The van der Waals surface area contributed by atoms with Crippen molar-refractivity contribution in [3.63, 3.8) is 0 Å². The number of nitrogens with one attached hydrogen (secondary N) is 2. The van der Waals surface area contributed by atoms with Gasteiger partial charge in [-0.3, -0.25) is 4.79 Å². The summed E-state index contributed by atoms with van der Waals surface area (Å²) in [6.07, 6.45) is 2.86. The minimum Gasteiger partial charge on any atom is -0.481 e. The summed E-state index contributed by atoms with van der Waals surface area (Å²) >= 11 is 1.73. The second kappa shape index (κ2) is 8.27. The Bertz CT molecular complexity index is 236. The summed E-state index contributed by atoms with van der Waals surface area (Å²) < 4.78 is 0. The molecule has 0 saturated carbocycles. The number of hydrogen-bond acceptors (Lipinski definition) is 3. The number of urea groups is 1.